The first-order chi connectivity index (χ1) is 8.63. The summed E-state index contributed by atoms with van der Waals surface area (Å²) >= 11 is 0. The first kappa shape index (κ1) is 12.2. The average Bonchev–Trinajstić information content (AvgIpc) is 2.72. The van der Waals surface area contributed by atoms with Gasteiger partial charge >= 0.3 is 6.09 Å². The Kier molecular flexibility index (Phi) is 3.36. The second-order valence-electron chi connectivity index (χ2n) is 3.80. The van der Waals surface area contributed by atoms with E-state index in [0.717, 1.165) is 11.1 Å². The van der Waals surface area contributed by atoms with Gasteiger partial charge in [-0.05, 0) is 24.1 Å². The minimum atomic E-state index is -1.08. The van der Waals surface area contributed by atoms with Crippen molar-refractivity contribution in [3.8, 4) is 5.75 Å². The number of amides is 1. The van der Waals surface area contributed by atoms with Crippen LogP contribution in [-0.2, 0) is 6.42 Å². The quantitative estimate of drug-likeness (QED) is 0.780. The van der Waals surface area contributed by atoms with Crippen LogP contribution >= 0.6 is 0 Å². The van der Waals surface area contributed by atoms with Gasteiger partial charge in [-0.1, -0.05) is 0 Å². The van der Waals surface area contributed by atoms with Crippen LogP contribution < -0.4 is 10.1 Å². The second-order valence-corrected chi connectivity index (χ2v) is 3.80. The predicted octanol–water partition coefficient (Wildman–Crippen LogP) is 2.13. The van der Waals surface area contributed by atoms with E-state index in [0.29, 0.717) is 11.8 Å². The molecule has 5 nitrogen and oxygen atoms in total. The lowest BCUT2D eigenvalue weighted by atomic mass is 10.1. The van der Waals surface area contributed by atoms with E-state index in [9.17, 15) is 9.18 Å². The number of aromatic amines is 1. The zero-order valence-corrected chi connectivity index (χ0v) is 9.79. The van der Waals surface area contributed by atoms with Crippen molar-refractivity contribution in [1.82, 2.24) is 10.3 Å². The van der Waals surface area contributed by atoms with Gasteiger partial charge in [0.25, 0.3) is 0 Å². The fourth-order valence-corrected chi connectivity index (χ4v) is 1.93. The van der Waals surface area contributed by atoms with Crippen LogP contribution in [0.2, 0.25) is 0 Å². The number of H-pyrrole nitrogens is 1. The monoisotopic (exact) mass is 252 g/mol. The van der Waals surface area contributed by atoms with Gasteiger partial charge in [0.2, 0.25) is 0 Å². The van der Waals surface area contributed by atoms with Crippen LogP contribution in [0.5, 0.6) is 5.75 Å². The van der Waals surface area contributed by atoms with Gasteiger partial charge in [-0.3, -0.25) is 0 Å². The number of benzene rings is 1. The molecule has 0 saturated heterocycles. The van der Waals surface area contributed by atoms with E-state index in [1.165, 1.54) is 13.2 Å². The van der Waals surface area contributed by atoms with Crippen LogP contribution in [0.25, 0.3) is 10.9 Å². The van der Waals surface area contributed by atoms with E-state index in [1.54, 1.807) is 12.3 Å². The number of nitrogens with one attached hydrogen (secondary N) is 2. The summed E-state index contributed by atoms with van der Waals surface area (Å²) < 4.78 is 18.6. The molecule has 2 rings (SSSR count). The summed E-state index contributed by atoms with van der Waals surface area (Å²) in [7, 11) is 1.41. The van der Waals surface area contributed by atoms with Crippen molar-refractivity contribution in [3.63, 3.8) is 0 Å². The topological polar surface area (TPSA) is 74.3 Å². The van der Waals surface area contributed by atoms with Crippen molar-refractivity contribution in [2.45, 2.75) is 6.42 Å². The first-order valence-corrected chi connectivity index (χ1v) is 5.42. The smallest absolute Gasteiger partial charge is 0.404 e. The summed E-state index contributed by atoms with van der Waals surface area (Å²) in [6.45, 7) is 0.266. The molecule has 1 aromatic heterocycles. The van der Waals surface area contributed by atoms with Gasteiger partial charge in [-0.15, -0.1) is 0 Å². The molecule has 96 valence electrons. The average molecular weight is 252 g/mol. The van der Waals surface area contributed by atoms with Gasteiger partial charge in [-0.2, -0.15) is 0 Å². The van der Waals surface area contributed by atoms with Crippen molar-refractivity contribution in [1.29, 1.82) is 0 Å². The molecule has 0 bridgehead atoms. The lowest BCUT2D eigenvalue weighted by molar-refractivity contribution is 0.194. The van der Waals surface area contributed by atoms with Gasteiger partial charge < -0.3 is 20.1 Å². The molecule has 0 aliphatic heterocycles. The molecule has 1 amide bonds. The molecule has 0 radical (unpaired) electrons. The molecule has 1 aromatic carbocycles. The zero-order valence-electron chi connectivity index (χ0n) is 9.79. The molecular formula is C12H13FN2O3. The molecule has 6 heteroatoms. The fourth-order valence-electron chi connectivity index (χ4n) is 1.93. The normalized spacial score (nSPS) is 10.6. The lowest BCUT2D eigenvalue weighted by Crippen LogP contribution is -2.23. The van der Waals surface area contributed by atoms with Crippen molar-refractivity contribution in [2.24, 2.45) is 0 Å². The number of methoxy groups -OCH3 is 1. The van der Waals surface area contributed by atoms with Gasteiger partial charge in [0.05, 0.1) is 7.11 Å². The van der Waals surface area contributed by atoms with E-state index in [-0.39, 0.29) is 12.3 Å². The van der Waals surface area contributed by atoms with Gasteiger partial charge in [0.1, 0.15) is 0 Å². The minimum absolute atomic E-state index is 0.180. The Morgan fingerprint density at radius 3 is 3.00 bits per heavy atom. The fraction of sp³-hybridized carbons (Fsp3) is 0.250. The maximum atomic E-state index is 13.6. The number of carboxylic acid groups (broad SMARTS) is 1. The maximum absolute atomic E-state index is 13.6. The number of hydrogen-bond donors (Lipinski definition) is 3. The number of aromatic nitrogens is 1. The number of carbonyl (C=O) groups is 1. The largest absolute Gasteiger partial charge is 0.493 e. The maximum Gasteiger partial charge on any atom is 0.404 e. The summed E-state index contributed by atoms with van der Waals surface area (Å²) in [5.74, 6) is -0.254. The first-order valence-electron chi connectivity index (χ1n) is 5.42. The second kappa shape index (κ2) is 4.95. The van der Waals surface area contributed by atoms with Gasteiger partial charge in [0, 0.05) is 23.6 Å². The van der Waals surface area contributed by atoms with Crippen LogP contribution in [0.4, 0.5) is 9.18 Å². The van der Waals surface area contributed by atoms with Gasteiger partial charge in [0.15, 0.2) is 11.6 Å². The number of ether oxygens (including phenoxy) is 1. The Labute approximate surface area is 103 Å². The third-order valence-electron chi connectivity index (χ3n) is 2.71. The van der Waals surface area contributed by atoms with E-state index >= 15 is 0 Å². The highest BCUT2D eigenvalue weighted by atomic mass is 19.1. The highest BCUT2D eigenvalue weighted by Gasteiger charge is 2.13. The van der Waals surface area contributed by atoms with E-state index in [1.807, 2.05) is 0 Å². The van der Waals surface area contributed by atoms with Crippen LogP contribution in [0, 0.1) is 5.82 Å². The Balaban J connectivity index is 2.33. The Hall–Kier alpha value is -2.24. The summed E-state index contributed by atoms with van der Waals surface area (Å²) in [5.41, 5.74) is 1.58. The molecule has 0 atom stereocenters. The van der Waals surface area contributed by atoms with Crippen molar-refractivity contribution < 1.29 is 19.0 Å². The molecule has 2 aromatic rings. The number of rotatable bonds is 4. The molecular weight excluding hydrogens is 239 g/mol. The molecule has 0 saturated carbocycles. The van der Waals surface area contributed by atoms with Crippen molar-refractivity contribution >= 4 is 17.0 Å². The van der Waals surface area contributed by atoms with Crippen LogP contribution in [0.1, 0.15) is 5.56 Å². The number of hydrogen-bond acceptors (Lipinski definition) is 2. The Bertz CT molecular complexity index is 580. The molecule has 0 spiro atoms. The summed E-state index contributed by atoms with van der Waals surface area (Å²) in [5, 5.41) is 11.4. The molecule has 1 heterocycles. The molecule has 0 unspecified atom stereocenters. The SMILES string of the molecule is COc1c(F)ccc2[nH]cc(CCNC(=O)O)c12. The van der Waals surface area contributed by atoms with Crippen LogP contribution in [0.3, 0.4) is 0 Å². The lowest BCUT2D eigenvalue weighted by Gasteiger charge is -2.06. The third-order valence-corrected chi connectivity index (χ3v) is 2.71. The molecule has 18 heavy (non-hydrogen) atoms. The van der Waals surface area contributed by atoms with Crippen LogP contribution in [-0.4, -0.2) is 29.8 Å². The van der Waals surface area contributed by atoms with Crippen molar-refractivity contribution in [2.75, 3.05) is 13.7 Å². The van der Waals surface area contributed by atoms with E-state index in [4.69, 9.17) is 9.84 Å². The Morgan fingerprint density at radius 2 is 2.33 bits per heavy atom. The molecule has 0 aliphatic carbocycles. The predicted molar refractivity (Wildman–Crippen MR) is 64.5 cm³/mol. The molecule has 0 fully saturated rings. The number of fused-ring (bicyclic) bond motifs is 1. The Morgan fingerprint density at radius 1 is 1.56 bits per heavy atom. The van der Waals surface area contributed by atoms with E-state index in [2.05, 4.69) is 10.3 Å². The highest BCUT2D eigenvalue weighted by molar-refractivity contribution is 5.89. The summed E-state index contributed by atoms with van der Waals surface area (Å²) in [4.78, 5) is 13.4. The summed E-state index contributed by atoms with van der Waals surface area (Å²) in [6.07, 6.45) is 1.12. The van der Waals surface area contributed by atoms with E-state index < -0.39 is 11.9 Å². The number of halogens is 1. The highest BCUT2D eigenvalue weighted by Crippen LogP contribution is 2.31. The van der Waals surface area contributed by atoms with Crippen LogP contribution in [0.15, 0.2) is 18.3 Å². The van der Waals surface area contributed by atoms with Gasteiger partial charge in [-0.25, -0.2) is 9.18 Å². The third kappa shape index (κ3) is 2.22. The summed E-state index contributed by atoms with van der Waals surface area (Å²) in [6, 6.07) is 2.96. The van der Waals surface area contributed by atoms with Crippen molar-refractivity contribution in [3.05, 3.63) is 29.7 Å². The minimum Gasteiger partial charge on any atom is -0.493 e. The standard InChI is InChI=1S/C12H13FN2O3/c1-18-11-8(13)2-3-9-10(11)7(6-15-9)4-5-14-12(16)17/h2-3,6,14-15H,4-5H2,1H3,(H,16,17). The zero-order chi connectivity index (χ0) is 13.1. The molecule has 3 N–H and O–H groups in total. The molecule has 0 aliphatic rings.